The standard InChI is InChI=1S/C9H14ClN3O/c1-6-8(9(10)13(2)12-6)5-14-7-3-11-4-7/h7,11H,3-5H2,1-2H3. The molecule has 0 bridgehead atoms. The molecule has 0 aliphatic carbocycles. The molecule has 1 aromatic heterocycles. The third-order valence-electron chi connectivity index (χ3n) is 2.48. The third-order valence-corrected chi connectivity index (χ3v) is 2.95. The zero-order valence-corrected chi connectivity index (χ0v) is 9.14. The van der Waals surface area contributed by atoms with E-state index >= 15 is 0 Å². The van der Waals surface area contributed by atoms with Gasteiger partial charge in [0.05, 0.1) is 18.4 Å². The topological polar surface area (TPSA) is 39.1 Å². The largest absolute Gasteiger partial charge is 0.371 e. The molecule has 0 amide bonds. The zero-order chi connectivity index (χ0) is 10.1. The number of ether oxygens (including phenoxy) is 1. The number of halogens is 1. The summed E-state index contributed by atoms with van der Waals surface area (Å²) < 4.78 is 7.31. The molecule has 2 heterocycles. The second-order valence-corrected chi connectivity index (χ2v) is 3.93. The van der Waals surface area contributed by atoms with Gasteiger partial charge in [-0.2, -0.15) is 5.10 Å². The van der Waals surface area contributed by atoms with Gasteiger partial charge in [-0.15, -0.1) is 0 Å². The Hall–Kier alpha value is -0.580. The van der Waals surface area contributed by atoms with Crippen molar-refractivity contribution in [1.29, 1.82) is 0 Å². The predicted octanol–water partition coefficient (Wildman–Crippen LogP) is 0.870. The first kappa shape index (κ1) is 9.96. The Balaban J connectivity index is 2.00. The minimum atomic E-state index is 0.339. The molecule has 4 nitrogen and oxygen atoms in total. The van der Waals surface area contributed by atoms with E-state index in [2.05, 4.69) is 10.4 Å². The van der Waals surface area contributed by atoms with Gasteiger partial charge >= 0.3 is 0 Å². The van der Waals surface area contributed by atoms with E-state index in [0.29, 0.717) is 17.9 Å². The van der Waals surface area contributed by atoms with Gasteiger partial charge < -0.3 is 10.1 Å². The van der Waals surface area contributed by atoms with Crippen molar-refractivity contribution in [2.75, 3.05) is 13.1 Å². The fourth-order valence-corrected chi connectivity index (χ4v) is 1.65. The second kappa shape index (κ2) is 3.88. The van der Waals surface area contributed by atoms with Crippen LogP contribution in [0.5, 0.6) is 0 Å². The van der Waals surface area contributed by atoms with Gasteiger partial charge in [0, 0.05) is 25.7 Å². The maximum absolute atomic E-state index is 6.06. The summed E-state index contributed by atoms with van der Waals surface area (Å²) >= 11 is 6.06. The lowest BCUT2D eigenvalue weighted by molar-refractivity contribution is 0.00739. The van der Waals surface area contributed by atoms with Crippen LogP contribution >= 0.6 is 11.6 Å². The summed E-state index contributed by atoms with van der Waals surface area (Å²) in [6.45, 7) is 4.39. The molecule has 1 fully saturated rings. The van der Waals surface area contributed by atoms with E-state index in [1.807, 2.05) is 14.0 Å². The highest BCUT2D eigenvalue weighted by atomic mass is 35.5. The summed E-state index contributed by atoms with van der Waals surface area (Å²) in [5, 5.41) is 8.05. The van der Waals surface area contributed by atoms with E-state index in [4.69, 9.17) is 16.3 Å². The Labute approximate surface area is 88.2 Å². The Bertz CT molecular complexity index is 333. The second-order valence-electron chi connectivity index (χ2n) is 3.57. The quantitative estimate of drug-likeness (QED) is 0.814. The predicted molar refractivity (Wildman–Crippen MR) is 54.4 cm³/mol. The summed E-state index contributed by atoms with van der Waals surface area (Å²) in [5.41, 5.74) is 1.95. The maximum Gasteiger partial charge on any atom is 0.132 e. The van der Waals surface area contributed by atoms with Crippen molar-refractivity contribution in [1.82, 2.24) is 15.1 Å². The summed E-state index contributed by atoms with van der Waals surface area (Å²) in [5.74, 6) is 0. The smallest absolute Gasteiger partial charge is 0.132 e. The number of hydrogen-bond acceptors (Lipinski definition) is 3. The van der Waals surface area contributed by atoms with Crippen molar-refractivity contribution in [3.63, 3.8) is 0 Å². The van der Waals surface area contributed by atoms with Crippen LogP contribution in [0.15, 0.2) is 0 Å². The van der Waals surface area contributed by atoms with Crippen LogP contribution in [0.1, 0.15) is 11.3 Å². The Kier molecular flexibility index (Phi) is 2.76. The van der Waals surface area contributed by atoms with Crippen molar-refractivity contribution < 1.29 is 4.74 Å². The van der Waals surface area contributed by atoms with Crippen LogP contribution in [0.2, 0.25) is 5.15 Å². The van der Waals surface area contributed by atoms with Crippen molar-refractivity contribution in [2.24, 2.45) is 7.05 Å². The van der Waals surface area contributed by atoms with Crippen LogP contribution in [0, 0.1) is 6.92 Å². The molecule has 1 aliphatic heterocycles. The Morgan fingerprint density at radius 2 is 2.36 bits per heavy atom. The van der Waals surface area contributed by atoms with E-state index < -0.39 is 0 Å². The van der Waals surface area contributed by atoms with Crippen LogP contribution in [-0.4, -0.2) is 29.0 Å². The highest BCUT2D eigenvalue weighted by Crippen LogP contribution is 2.20. The van der Waals surface area contributed by atoms with E-state index in [-0.39, 0.29) is 0 Å². The van der Waals surface area contributed by atoms with E-state index in [0.717, 1.165) is 24.3 Å². The number of hydrogen-bond donors (Lipinski definition) is 1. The summed E-state index contributed by atoms with van der Waals surface area (Å²) in [4.78, 5) is 0. The molecule has 78 valence electrons. The molecular formula is C9H14ClN3O. The van der Waals surface area contributed by atoms with Gasteiger partial charge in [-0.1, -0.05) is 11.6 Å². The van der Waals surface area contributed by atoms with Gasteiger partial charge in [-0.05, 0) is 6.92 Å². The molecule has 1 aliphatic rings. The highest BCUT2D eigenvalue weighted by Gasteiger charge is 2.19. The Morgan fingerprint density at radius 1 is 1.64 bits per heavy atom. The number of aromatic nitrogens is 2. The van der Waals surface area contributed by atoms with Crippen LogP contribution in [0.4, 0.5) is 0 Å². The monoisotopic (exact) mass is 215 g/mol. The number of nitrogens with one attached hydrogen (secondary N) is 1. The molecule has 0 atom stereocenters. The molecule has 1 N–H and O–H groups in total. The molecule has 0 saturated carbocycles. The van der Waals surface area contributed by atoms with Gasteiger partial charge in [0.1, 0.15) is 5.15 Å². The molecule has 1 saturated heterocycles. The fraction of sp³-hybridized carbons (Fsp3) is 0.667. The van der Waals surface area contributed by atoms with Gasteiger partial charge in [0.25, 0.3) is 0 Å². The van der Waals surface area contributed by atoms with Gasteiger partial charge in [0.15, 0.2) is 0 Å². The third kappa shape index (κ3) is 1.78. The number of rotatable bonds is 3. The van der Waals surface area contributed by atoms with E-state index in [1.54, 1.807) is 4.68 Å². The molecule has 0 radical (unpaired) electrons. The molecule has 1 aromatic rings. The molecule has 14 heavy (non-hydrogen) atoms. The van der Waals surface area contributed by atoms with Crippen molar-refractivity contribution in [2.45, 2.75) is 19.6 Å². The Morgan fingerprint density at radius 3 is 2.79 bits per heavy atom. The zero-order valence-electron chi connectivity index (χ0n) is 8.38. The lowest BCUT2D eigenvalue weighted by Crippen LogP contribution is -2.48. The first-order valence-corrected chi connectivity index (χ1v) is 5.06. The van der Waals surface area contributed by atoms with Gasteiger partial charge in [-0.3, -0.25) is 4.68 Å². The average molecular weight is 216 g/mol. The van der Waals surface area contributed by atoms with Gasteiger partial charge in [-0.25, -0.2) is 0 Å². The van der Waals surface area contributed by atoms with Crippen LogP contribution < -0.4 is 5.32 Å². The first-order valence-electron chi connectivity index (χ1n) is 4.68. The minimum absolute atomic E-state index is 0.339. The van der Waals surface area contributed by atoms with Crippen molar-refractivity contribution in [3.8, 4) is 0 Å². The summed E-state index contributed by atoms with van der Waals surface area (Å²) in [6, 6.07) is 0. The van der Waals surface area contributed by atoms with Crippen molar-refractivity contribution >= 4 is 11.6 Å². The van der Waals surface area contributed by atoms with Crippen LogP contribution in [0.25, 0.3) is 0 Å². The van der Waals surface area contributed by atoms with Crippen molar-refractivity contribution in [3.05, 3.63) is 16.4 Å². The molecule has 0 aromatic carbocycles. The lowest BCUT2D eigenvalue weighted by Gasteiger charge is -2.27. The highest BCUT2D eigenvalue weighted by molar-refractivity contribution is 6.30. The molecular weight excluding hydrogens is 202 g/mol. The number of aryl methyl sites for hydroxylation is 2. The van der Waals surface area contributed by atoms with Gasteiger partial charge in [0.2, 0.25) is 0 Å². The normalized spacial score (nSPS) is 17.1. The average Bonchev–Trinajstić information content (AvgIpc) is 2.28. The lowest BCUT2D eigenvalue weighted by atomic mass is 10.2. The van der Waals surface area contributed by atoms with E-state index in [1.165, 1.54) is 0 Å². The first-order chi connectivity index (χ1) is 6.68. The summed E-state index contributed by atoms with van der Waals surface area (Å²) in [7, 11) is 1.84. The fourth-order valence-electron chi connectivity index (χ4n) is 1.42. The number of nitrogens with zero attached hydrogens (tertiary/aromatic N) is 2. The molecule has 0 spiro atoms. The molecule has 5 heteroatoms. The van der Waals surface area contributed by atoms with Crippen LogP contribution in [0.3, 0.4) is 0 Å². The maximum atomic E-state index is 6.06. The SMILES string of the molecule is Cc1nn(C)c(Cl)c1COC1CNC1. The minimum Gasteiger partial charge on any atom is -0.371 e. The van der Waals surface area contributed by atoms with E-state index in [9.17, 15) is 0 Å². The van der Waals surface area contributed by atoms with Crippen LogP contribution in [-0.2, 0) is 18.4 Å². The molecule has 2 rings (SSSR count). The summed E-state index contributed by atoms with van der Waals surface area (Å²) in [6.07, 6.45) is 0.339. The molecule has 0 unspecified atom stereocenters.